The largest absolute Gasteiger partial charge is 0.491 e. The highest BCUT2D eigenvalue weighted by molar-refractivity contribution is 5.71. The van der Waals surface area contributed by atoms with Crippen LogP contribution in [-0.4, -0.2) is 50.2 Å². The number of aliphatic hydroxyl groups excluding tert-OH is 1. The average molecular weight is 571 g/mol. The zero-order valence-electron chi connectivity index (χ0n) is 21.5. The second-order valence-corrected chi connectivity index (χ2v) is 10.2. The van der Waals surface area contributed by atoms with E-state index in [-0.39, 0.29) is 29.7 Å². The van der Waals surface area contributed by atoms with Crippen molar-refractivity contribution < 1.29 is 42.0 Å². The first-order chi connectivity index (χ1) is 19.7. The van der Waals surface area contributed by atoms with E-state index >= 15 is 0 Å². The van der Waals surface area contributed by atoms with Gasteiger partial charge in [-0.3, -0.25) is 4.79 Å². The smallest absolute Gasteiger partial charge is 0.422 e. The van der Waals surface area contributed by atoms with E-state index in [9.17, 15) is 28.2 Å². The number of aliphatic carboxylic acids is 1. The lowest BCUT2D eigenvalue weighted by Crippen LogP contribution is -2.49. The number of aliphatic hydroxyl groups is 1. The molecule has 2 aromatic carbocycles. The van der Waals surface area contributed by atoms with Gasteiger partial charge < -0.3 is 29.3 Å². The van der Waals surface area contributed by atoms with Crippen LogP contribution in [0, 0.1) is 5.92 Å². The Morgan fingerprint density at radius 2 is 1.83 bits per heavy atom. The summed E-state index contributed by atoms with van der Waals surface area (Å²) < 4.78 is 58.2. The Morgan fingerprint density at radius 3 is 2.59 bits per heavy atom. The fourth-order valence-electron chi connectivity index (χ4n) is 5.46. The summed E-state index contributed by atoms with van der Waals surface area (Å²) in [6.45, 7) is 0.138. The second-order valence-electron chi connectivity index (χ2n) is 10.2. The molecule has 2 unspecified atom stereocenters. The van der Waals surface area contributed by atoms with Crippen molar-refractivity contribution in [2.45, 2.75) is 50.0 Å². The standard InChI is InChI=1S/C28H25F3N4O6/c29-28(30,31)21-22(14-5-2-1-3-6-14)34-40-24(21)26-33-25(35-41-26)15-9-10-18-20(12-15)39-13-19(23(18)36)32-17-8-4-7-16(11-17)27(37)38/h1-3,5-6,9-10,12,16-17,19,23,32,36H,4,7-8,11,13H2,(H,37,38)/t16?,17?,19-,23+/m0/s1. The molecule has 214 valence electrons. The normalized spacial score (nSPS) is 22.6. The van der Waals surface area contributed by atoms with Crippen LogP contribution in [0.1, 0.15) is 42.9 Å². The van der Waals surface area contributed by atoms with E-state index in [0.29, 0.717) is 29.7 Å². The first-order valence-electron chi connectivity index (χ1n) is 13.1. The summed E-state index contributed by atoms with van der Waals surface area (Å²) in [5.41, 5.74) is -0.391. The van der Waals surface area contributed by atoms with E-state index in [4.69, 9.17) is 13.8 Å². The van der Waals surface area contributed by atoms with Crippen molar-refractivity contribution in [3.63, 3.8) is 0 Å². The van der Waals surface area contributed by atoms with Crippen molar-refractivity contribution in [1.82, 2.24) is 20.6 Å². The predicted octanol–water partition coefficient (Wildman–Crippen LogP) is 5.10. The van der Waals surface area contributed by atoms with E-state index in [1.807, 2.05) is 0 Å². The number of ether oxygens (including phenoxy) is 1. The van der Waals surface area contributed by atoms with Gasteiger partial charge in [0.1, 0.15) is 29.7 Å². The molecule has 1 aliphatic heterocycles. The summed E-state index contributed by atoms with van der Waals surface area (Å²) >= 11 is 0. The minimum Gasteiger partial charge on any atom is -0.491 e. The maximum atomic E-state index is 14.0. The number of fused-ring (bicyclic) bond motifs is 1. The average Bonchev–Trinajstić information content (AvgIpc) is 3.63. The van der Waals surface area contributed by atoms with E-state index in [2.05, 4.69) is 20.6 Å². The number of alkyl halides is 3. The van der Waals surface area contributed by atoms with Gasteiger partial charge in [-0.15, -0.1) is 0 Å². The highest BCUT2D eigenvalue weighted by atomic mass is 19.4. The van der Waals surface area contributed by atoms with Crippen LogP contribution in [0.2, 0.25) is 0 Å². The van der Waals surface area contributed by atoms with E-state index < -0.39 is 47.4 Å². The maximum Gasteiger partial charge on any atom is 0.422 e. The van der Waals surface area contributed by atoms with Gasteiger partial charge in [-0.25, -0.2) is 0 Å². The van der Waals surface area contributed by atoms with Gasteiger partial charge in [0, 0.05) is 22.7 Å². The molecule has 0 bridgehead atoms. The zero-order valence-corrected chi connectivity index (χ0v) is 21.5. The van der Waals surface area contributed by atoms with Crippen LogP contribution in [0.3, 0.4) is 0 Å². The minimum absolute atomic E-state index is 0.00570. The van der Waals surface area contributed by atoms with Gasteiger partial charge in [-0.1, -0.05) is 59.2 Å². The van der Waals surface area contributed by atoms with Gasteiger partial charge >= 0.3 is 12.1 Å². The topological polar surface area (TPSA) is 144 Å². The van der Waals surface area contributed by atoms with Crippen LogP contribution in [0.5, 0.6) is 5.75 Å². The maximum absolute atomic E-state index is 14.0. The molecule has 4 atom stereocenters. The first kappa shape index (κ1) is 27.0. The molecule has 0 radical (unpaired) electrons. The van der Waals surface area contributed by atoms with Crippen molar-refractivity contribution in [1.29, 1.82) is 0 Å². The van der Waals surface area contributed by atoms with Gasteiger partial charge in [0.05, 0.1) is 12.0 Å². The molecule has 1 saturated carbocycles. The molecule has 0 spiro atoms. The molecule has 2 aromatic heterocycles. The molecule has 2 aliphatic rings. The Morgan fingerprint density at radius 1 is 1.02 bits per heavy atom. The highest BCUT2D eigenvalue weighted by Gasteiger charge is 2.43. The highest BCUT2D eigenvalue weighted by Crippen LogP contribution is 2.43. The van der Waals surface area contributed by atoms with Crippen LogP contribution in [0.4, 0.5) is 13.2 Å². The van der Waals surface area contributed by atoms with E-state index in [1.165, 1.54) is 12.1 Å². The summed E-state index contributed by atoms with van der Waals surface area (Å²) in [7, 11) is 0. The van der Waals surface area contributed by atoms with Crippen molar-refractivity contribution in [2.75, 3.05) is 6.61 Å². The number of carboxylic acid groups (broad SMARTS) is 1. The lowest BCUT2D eigenvalue weighted by atomic mass is 9.85. The van der Waals surface area contributed by atoms with Crippen LogP contribution < -0.4 is 10.1 Å². The Hall–Kier alpha value is -4.23. The molecule has 3 N–H and O–H groups in total. The molecule has 6 rings (SSSR count). The lowest BCUT2D eigenvalue weighted by Gasteiger charge is -2.36. The Bertz CT molecular complexity index is 1550. The number of nitrogens with one attached hydrogen (secondary N) is 1. The van der Waals surface area contributed by atoms with E-state index in [1.54, 1.807) is 36.4 Å². The van der Waals surface area contributed by atoms with Crippen LogP contribution in [0.15, 0.2) is 57.6 Å². The number of rotatable bonds is 6. The number of hydrogen-bond donors (Lipinski definition) is 3. The molecule has 0 amide bonds. The van der Waals surface area contributed by atoms with Crippen molar-refractivity contribution in [2.24, 2.45) is 5.92 Å². The summed E-state index contributed by atoms with van der Waals surface area (Å²) in [4.78, 5) is 15.5. The zero-order chi connectivity index (χ0) is 28.7. The third-order valence-electron chi connectivity index (χ3n) is 7.51. The van der Waals surface area contributed by atoms with E-state index in [0.717, 1.165) is 12.8 Å². The number of halogens is 3. The molecular formula is C28H25F3N4O6. The SMILES string of the molecule is O=C(O)C1CCCC(N[C@H]2COc3cc(-c4noc(-c5onc(-c6ccccc6)c5C(F)(F)F)n4)ccc3[C@H]2O)C1. The van der Waals surface area contributed by atoms with Crippen molar-refractivity contribution in [3.8, 4) is 40.0 Å². The first-order valence-corrected chi connectivity index (χ1v) is 13.1. The van der Waals surface area contributed by atoms with Gasteiger partial charge in [-0.2, -0.15) is 18.2 Å². The molecule has 3 heterocycles. The summed E-state index contributed by atoms with van der Waals surface area (Å²) in [6.07, 6.45) is -2.99. The van der Waals surface area contributed by atoms with Crippen LogP contribution in [-0.2, 0) is 11.0 Å². The fourth-order valence-corrected chi connectivity index (χ4v) is 5.46. The molecule has 1 fully saturated rings. The van der Waals surface area contributed by atoms with Gasteiger partial charge in [0.25, 0.3) is 5.89 Å². The summed E-state index contributed by atoms with van der Waals surface area (Å²) in [5.74, 6) is -2.04. The number of benzene rings is 2. The Labute approximate surface area is 231 Å². The monoisotopic (exact) mass is 570 g/mol. The summed E-state index contributed by atoms with van der Waals surface area (Å²) in [5, 5.41) is 31.2. The Balaban J connectivity index is 1.22. The predicted molar refractivity (Wildman–Crippen MR) is 136 cm³/mol. The molecule has 4 aromatic rings. The Kier molecular flexibility index (Phi) is 6.99. The second kappa shape index (κ2) is 10.6. The molecular weight excluding hydrogens is 545 g/mol. The van der Waals surface area contributed by atoms with Crippen LogP contribution >= 0.6 is 0 Å². The number of carboxylic acids is 1. The number of aromatic nitrogens is 3. The minimum atomic E-state index is -4.80. The molecule has 13 heteroatoms. The third kappa shape index (κ3) is 5.30. The van der Waals surface area contributed by atoms with Gasteiger partial charge in [-0.05, 0) is 25.3 Å². The third-order valence-corrected chi connectivity index (χ3v) is 7.51. The van der Waals surface area contributed by atoms with Crippen molar-refractivity contribution >= 4 is 5.97 Å². The molecule has 1 aliphatic carbocycles. The van der Waals surface area contributed by atoms with Crippen LogP contribution in [0.25, 0.3) is 34.3 Å². The molecule has 41 heavy (non-hydrogen) atoms. The quantitative estimate of drug-likeness (QED) is 0.286. The van der Waals surface area contributed by atoms with Gasteiger partial charge in [0.2, 0.25) is 11.6 Å². The number of hydrogen-bond acceptors (Lipinski definition) is 9. The number of nitrogens with zero attached hydrogens (tertiary/aromatic N) is 3. The van der Waals surface area contributed by atoms with Crippen molar-refractivity contribution in [3.05, 3.63) is 59.7 Å². The summed E-state index contributed by atoms with van der Waals surface area (Å²) in [6, 6.07) is 12.1. The fraction of sp³-hybridized carbons (Fsp3) is 0.357. The molecule has 0 saturated heterocycles. The van der Waals surface area contributed by atoms with Gasteiger partial charge in [0.15, 0.2) is 0 Å². The number of carbonyl (C=O) groups is 1. The lowest BCUT2D eigenvalue weighted by molar-refractivity contribution is -0.143. The molecule has 10 nitrogen and oxygen atoms in total.